The van der Waals surface area contributed by atoms with Crippen LogP contribution in [0.15, 0.2) is 11.3 Å². The Balaban J connectivity index is 0.000000164. The highest BCUT2D eigenvalue weighted by atomic mass is 16.5. The second-order valence-electron chi connectivity index (χ2n) is 6.33. The average molecular weight is 309 g/mol. The Bertz CT molecular complexity index is 511. The number of nitrogens with two attached hydrogens (primary N) is 1. The van der Waals surface area contributed by atoms with Crippen molar-refractivity contribution < 1.29 is 29.5 Å². The van der Waals surface area contributed by atoms with Gasteiger partial charge in [0, 0.05) is 6.42 Å². The smallest absolute Gasteiger partial charge is 0.341 e. The summed E-state index contributed by atoms with van der Waals surface area (Å²) in [6.07, 6.45) is 5.83. The zero-order valence-corrected chi connectivity index (χ0v) is 13.1. The fourth-order valence-electron chi connectivity index (χ4n) is 3.48. The van der Waals surface area contributed by atoms with E-state index in [0.717, 1.165) is 12.8 Å². The summed E-state index contributed by atoms with van der Waals surface area (Å²) in [5, 5.41) is 13.0. The summed E-state index contributed by atoms with van der Waals surface area (Å²) >= 11 is 0. The Morgan fingerprint density at radius 1 is 1.27 bits per heavy atom. The predicted octanol–water partition coefficient (Wildman–Crippen LogP) is -0.783. The van der Waals surface area contributed by atoms with Crippen LogP contribution in [0.25, 0.3) is 0 Å². The number of ketones is 2. The molecule has 0 radical (unpaired) electrons. The van der Waals surface area contributed by atoms with Crippen LogP contribution in [0, 0.1) is 5.92 Å². The van der Waals surface area contributed by atoms with E-state index in [1.54, 1.807) is 0 Å². The van der Waals surface area contributed by atoms with Crippen LogP contribution >= 0.6 is 0 Å². The number of ether oxygens (including phenoxy) is 1. The van der Waals surface area contributed by atoms with E-state index in [1.165, 1.54) is 26.2 Å². The summed E-state index contributed by atoms with van der Waals surface area (Å²) in [4.78, 5) is 32.7. The van der Waals surface area contributed by atoms with Crippen molar-refractivity contribution >= 4 is 17.5 Å². The molecule has 1 saturated heterocycles. The summed E-state index contributed by atoms with van der Waals surface area (Å²) < 4.78 is 4.29. The standard InChI is InChI=1S/C10H17NO.C6H6O4/c1-7-6-10(12)8-4-2-3-5-9(8)11-7;1-3(7)5-4(8)2-10-6(5)9/h7-9,11H,2-6H2,1H3;8H,2H2,1H3. The van der Waals surface area contributed by atoms with E-state index in [2.05, 4.69) is 17.0 Å². The first-order valence-corrected chi connectivity index (χ1v) is 7.86. The van der Waals surface area contributed by atoms with E-state index in [1.807, 2.05) is 0 Å². The predicted molar refractivity (Wildman–Crippen MR) is 75.4 cm³/mol. The Labute approximate surface area is 129 Å². The number of rotatable bonds is 1. The fourth-order valence-corrected chi connectivity index (χ4v) is 3.48. The van der Waals surface area contributed by atoms with E-state index in [9.17, 15) is 19.5 Å². The molecule has 6 nitrogen and oxygen atoms in total. The van der Waals surface area contributed by atoms with Crippen molar-refractivity contribution in [3.8, 4) is 0 Å². The quantitative estimate of drug-likeness (QED) is 0.506. The van der Waals surface area contributed by atoms with Gasteiger partial charge in [0.25, 0.3) is 0 Å². The van der Waals surface area contributed by atoms with Crippen LogP contribution in [0.4, 0.5) is 0 Å². The highest BCUT2D eigenvalue weighted by Gasteiger charge is 2.39. The molecular weight excluding hydrogens is 286 g/mol. The number of fused-ring (bicyclic) bond motifs is 1. The number of carbonyl (C=O) groups is 3. The minimum absolute atomic E-state index is 0.284. The molecule has 0 amide bonds. The summed E-state index contributed by atoms with van der Waals surface area (Å²) in [6.45, 7) is 3.05. The second-order valence-corrected chi connectivity index (χ2v) is 6.33. The fraction of sp³-hybridized carbons (Fsp3) is 0.688. The molecule has 0 aromatic heterocycles. The van der Waals surface area contributed by atoms with Crippen LogP contribution in [0.3, 0.4) is 0 Å². The van der Waals surface area contributed by atoms with Crippen LogP contribution in [-0.4, -0.2) is 36.2 Å². The van der Waals surface area contributed by atoms with E-state index in [0.29, 0.717) is 23.8 Å². The number of carbonyl (C=O) groups excluding carboxylic acids is 3. The average Bonchev–Trinajstić information content (AvgIpc) is 2.78. The first-order valence-electron chi connectivity index (χ1n) is 7.86. The topological polar surface area (TPSA) is 100 Å². The third-order valence-corrected chi connectivity index (χ3v) is 4.50. The van der Waals surface area contributed by atoms with Crippen LogP contribution in [0.5, 0.6) is 0 Å². The highest BCUT2D eigenvalue weighted by Crippen LogP contribution is 2.26. The van der Waals surface area contributed by atoms with Gasteiger partial charge in [-0.1, -0.05) is 12.2 Å². The second kappa shape index (κ2) is 7.05. The summed E-state index contributed by atoms with van der Waals surface area (Å²) in [6, 6.07) is 1.17. The lowest BCUT2D eigenvalue weighted by molar-refractivity contribution is -0.728. The Hall–Kier alpha value is -1.69. The molecular formula is C16H23NO5. The first kappa shape index (κ1) is 16.7. The largest absolute Gasteiger partial charge is 0.873 e. The third kappa shape index (κ3) is 3.74. The molecule has 3 rings (SSSR count). The molecule has 2 fully saturated rings. The number of esters is 1. The Morgan fingerprint density at radius 3 is 2.50 bits per heavy atom. The van der Waals surface area contributed by atoms with Gasteiger partial charge in [0.15, 0.2) is 5.78 Å². The monoisotopic (exact) mass is 309 g/mol. The van der Waals surface area contributed by atoms with Gasteiger partial charge in [-0.15, -0.1) is 0 Å². The molecule has 6 heteroatoms. The molecule has 3 unspecified atom stereocenters. The van der Waals surface area contributed by atoms with Crippen molar-refractivity contribution in [1.82, 2.24) is 0 Å². The number of hydrogen-bond acceptors (Lipinski definition) is 5. The van der Waals surface area contributed by atoms with Crippen molar-refractivity contribution in [3.63, 3.8) is 0 Å². The molecule has 2 heterocycles. The molecule has 3 atom stereocenters. The zero-order chi connectivity index (χ0) is 16.3. The first-order chi connectivity index (χ1) is 10.4. The SMILES string of the molecule is CC(=O)C1=C([O-])COC1=O.CC1CC(=O)C2CCCCC2[NH2+]1. The molecule has 0 bridgehead atoms. The minimum Gasteiger partial charge on any atom is -0.873 e. The normalized spacial score (nSPS) is 31.1. The van der Waals surface area contributed by atoms with Gasteiger partial charge in [0.2, 0.25) is 0 Å². The number of piperidine rings is 1. The Morgan fingerprint density at radius 2 is 1.95 bits per heavy atom. The molecule has 2 N–H and O–H groups in total. The molecule has 3 aliphatic rings. The molecule has 0 spiro atoms. The van der Waals surface area contributed by atoms with E-state index in [-0.39, 0.29) is 12.2 Å². The van der Waals surface area contributed by atoms with E-state index >= 15 is 0 Å². The van der Waals surface area contributed by atoms with Gasteiger partial charge in [0.05, 0.1) is 30.0 Å². The maximum atomic E-state index is 11.6. The molecule has 0 aromatic rings. The van der Waals surface area contributed by atoms with Gasteiger partial charge in [-0.2, -0.15) is 0 Å². The van der Waals surface area contributed by atoms with Gasteiger partial charge in [-0.25, -0.2) is 4.79 Å². The van der Waals surface area contributed by atoms with Crippen molar-refractivity contribution in [2.24, 2.45) is 5.92 Å². The van der Waals surface area contributed by atoms with E-state index in [4.69, 9.17) is 0 Å². The van der Waals surface area contributed by atoms with Crippen molar-refractivity contribution in [2.75, 3.05) is 6.61 Å². The van der Waals surface area contributed by atoms with Gasteiger partial charge < -0.3 is 15.2 Å². The molecule has 2 aliphatic heterocycles. The number of Topliss-reactive ketones (excluding diaryl/α,β-unsaturated/α-hetero) is 2. The third-order valence-electron chi connectivity index (χ3n) is 4.50. The van der Waals surface area contributed by atoms with Gasteiger partial charge in [-0.3, -0.25) is 9.59 Å². The Kier molecular flexibility index (Phi) is 5.34. The van der Waals surface area contributed by atoms with Gasteiger partial charge >= 0.3 is 5.97 Å². The van der Waals surface area contributed by atoms with Crippen molar-refractivity contribution in [3.05, 3.63) is 11.3 Å². The van der Waals surface area contributed by atoms with Crippen molar-refractivity contribution in [1.29, 1.82) is 0 Å². The molecule has 1 saturated carbocycles. The summed E-state index contributed by atoms with van der Waals surface area (Å²) in [7, 11) is 0. The maximum absolute atomic E-state index is 11.6. The maximum Gasteiger partial charge on any atom is 0.341 e. The van der Waals surface area contributed by atoms with Crippen molar-refractivity contribution in [2.45, 2.75) is 58.0 Å². The number of cyclic esters (lactones) is 1. The van der Waals surface area contributed by atoms with Crippen LogP contribution < -0.4 is 10.4 Å². The molecule has 22 heavy (non-hydrogen) atoms. The zero-order valence-electron chi connectivity index (χ0n) is 13.1. The summed E-state index contributed by atoms with van der Waals surface area (Å²) in [5.41, 5.74) is -0.333. The van der Waals surface area contributed by atoms with Gasteiger partial charge in [0.1, 0.15) is 12.4 Å². The molecule has 122 valence electrons. The van der Waals surface area contributed by atoms with Crippen LogP contribution in [-0.2, 0) is 19.1 Å². The van der Waals surface area contributed by atoms with Crippen LogP contribution in [0.1, 0.15) is 46.0 Å². The van der Waals surface area contributed by atoms with Crippen LogP contribution in [0.2, 0.25) is 0 Å². The number of hydrogen-bond donors (Lipinski definition) is 1. The molecule has 1 aliphatic carbocycles. The summed E-state index contributed by atoms with van der Waals surface area (Å²) in [5.74, 6) is -0.882. The molecule has 0 aromatic carbocycles. The number of quaternary nitrogens is 1. The van der Waals surface area contributed by atoms with E-state index < -0.39 is 17.5 Å². The lowest BCUT2D eigenvalue weighted by atomic mass is 9.77. The highest BCUT2D eigenvalue weighted by molar-refractivity contribution is 6.17. The minimum atomic E-state index is -0.794. The lowest BCUT2D eigenvalue weighted by Crippen LogP contribution is -2.98. The lowest BCUT2D eigenvalue weighted by Gasteiger charge is -2.34. The van der Waals surface area contributed by atoms with Gasteiger partial charge in [-0.05, 0) is 26.7 Å².